The Morgan fingerprint density at radius 1 is 0.750 bits per heavy atom. The molecule has 2 aromatic rings. The van der Waals surface area contributed by atoms with Crippen LogP contribution in [-0.4, -0.2) is 17.2 Å². The van der Waals surface area contributed by atoms with E-state index in [-0.39, 0.29) is 0 Å². The van der Waals surface area contributed by atoms with Crippen LogP contribution in [0.3, 0.4) is 0 Å². The van der Waals surface area contributed by atoms with E-state index in [0.717, 1.165) is 0 Å². The summed E-state index contributed by atoms with van der Waals surface area (Å²) in [5.74, 6) is 0. The van der Waals surface area contributed by atoms with E-state index in [0.29, 0.717) is 5.46 Å². The van der Waals surface area contributed by atoms with Gasteiger partial charge < -0.3 is 10.0 Å². The van der Waals surface area contributed by atoms with Crippen LogP contribution >= 0.6 is 0 Å². The predicted molar refractivity (Wildman–Crippen MR) is 67.4 cm³/mol. The van der Waals surface area contributed by atoms with Gasteiger partial charge in [0.05, 0.1) is 0 Å². The first-order valence-corrected chi connectivity index (χ1v) is 5.13. The molecule has 0 radical (unpaired) electrons. The van der Waals surface area contributed by atoms with Crippen molar-refractivity contribution in [2.24, 2.45) is 0 Å². The SMILES string of the molecule is Cc1ccccc1.OB(O)c1ccccc1. The molecule has 0 saturated heterocycles. The van der Waals surface area contributed by atoms with Gasteiger partial charge in [0.2, 0.25) is 0 Å². The fraction of sp³-hybridized carbons (Fsp3) is 0.0769. The summed E-state index contributed by atoms with van der Waals surface area (Å²) in [6.45, 7) is 2.08. The lowest BCUT2D eigenvalue weighted by molar-refractivity contribution is 0.426. The van der Waals surface area contributed by atoms with Gasteiger partial charge in [-0.25, -0.2) is 0 Å². The molecule has 16 heavy (non-hydrogen) atoms. The van der Waals surface area contributed by atoms with Gasteiger partial charge in [-0.2, -0.15) is 0 Å². The zero-order valence-corrected chi connectivity index (χ0v) is 9.25. The van der Waals surface area contributed by atoms with E-state index < -0.39 is 7.12 Å². The van der Waals surface area contributed by atoms with Crippen LogP contribution in [0.1, 0.15) is 5.56 Å². The molecule has 0 amide bonds. The highest BCUT2D eigenvalue weighted by molar-refractivity contribution is 6.58. The normalized spacial score (nSPS) is 8.94. The molecule has 3 heteroatoms. The second-order valence-electron chi connectivity index (χ2n) is 3.44. The molecular formula is C13H15BO2. The molecule has 0 unspecified atom stereocenters. The van der Waals surface area contributed by atoms with E-state index in [1.807, 2.05) is 24.3 Å². The third kappa shape index (κ3) is 4.78. The average molecular weight is 214 g/mol. The van der Waals surface area contributed by atoms with Gasteiger partial charge in [0, 0.05) is 0 Å². The van der Waals surface area contributed by atoms with E-state index in [1.54, 1.807) is 24.3 Å². The van der Waals surface area contributed by atoms with Crippen molar-refractivity contribution in [2.75, 3.05) is 0 Å². The summed E-state index contributed by atoms with van der Waals surface area (Å²) in [5.41, 5.74) is 1.85. The smallest absolute Gasteiger partial charge is 0.423 e. The first kappa shape index (κ1) is 12.5. The number of rotatable bonds is 1. The molecule has 0 aliphatic rings. The van der Waals surface area contributed by atoms with E-state index in [4.69, 9.17) is 10.0 Å². The largest absolute Gasteiger partial charge is 0.488 e. The van der Waals surface area contributed by atoms with Crippen LogP contribution in [0.2, 0.25) is 0 Å². The Morgan fingerprint density at radius 2 is 1.19 bits per heavy atom. The third-order valence-corrected chi connectivity index (χ3v) is 2.04. The first-order valence-electron chi connectivity index (χ1n) is 5.13. The van der Waals surface area contributed by atoms with Gasteiger partial charge in [-0.15, -0.1) is 0 Å². The molecule has 0 aromatic heterocycles. The highest BCUT2D eigenvalue weighted by atomic mass is 16.4. The van der Waals surface area contributed by atoms with Crippen molar-refractivity contribution >= 4 is 12.6 Å². The fourth-order valence-electron chi connectivity index (χ4n) is 1.16. The van der Waals surface area contributed by atoms with Crippen LogP contribution < -0.4 is 5.46 Å². The Balaban J connectivity index is 0.000000165. The molecule has 0 spiro atoms. The summed E-state index contributed by atoms with van der Waals surface area (Å²) in [5, 5.41) is 17.2. The molecule has 2 N–H and O–H groups in total. The molecule has 0 fully saturated rings. The summed E-state index contributed by atoms with van der Waals surface area (Å²) < 4.78 is 0. The maximum absolute atomic E-state index is 8.58. The topological polar surface area (TPSA) is 40.5 Å². The van der Waals surface area contributed by atoms with Crippen LogP contribution in [0, 0.1) is 6.92 Å². The minimum Gasteiger partial charge on any atom is -0.423 e. The van der Waals surface area contributed by atoms with E-state index >= 15 is 0 Å². The lowest BCUT2D eigenvalue weighted by Gasteiger charge is -1.94. The van der Waals surface area contributed by atoms with Gasteiger partial charge in [0.15, 0.2) is 0 Å². The van der Waals surface area contributed by atoms with Crippen molar-refractivity contribution < 1.29 is 10.0 Å². The number of aryl methyl sites for hydroxylation is 1. The van der Waals surface area contributed by atoms with Gasteiger partial charge >= 0.3 is 7.12 Å². The van der Waals surface area contributed by atoms with Crippen LogP contribution in [-0.2, 0) is 0 Å². The second kappa shape index (κ2) is 6.83. The number of hydrogen-bond acceptors (Lipinski definition) is 2. The molecule has 2 nitrogen and oxygen atoms in total. The molecule has 0 atom stereocenters. The summed E-state index contributed by atoms with van der Waals surface area (Å²) in [4.78, 5) is 0. The van der Waals surface area contributed by atoms with E-state index in [1.165, 1.54) is 5.56 Å². The van der Waals surface area contributed by atoms with Crippen LogP contribution in [0.5, 0.6) is 0 Å². The quantitative estimate of drug-likeness (QED) is 0.703. The highest BCUT2D eigenvalue weighted by Crippen LogP contribution is 1.92. The van der Waals surface area contributed by atoms with Gasteiger partial charge in [-0.1, -0.05) is 66.2 Å². The number of benzene rings is 2. The monoisotopic (exact) mass is 214 g/mol. The van der Waals surface area contributed by atoms with Crippen molar-refractivity contribution in [3.63, 3.8) is 0 Å². The van der Waals surface area contributed by atoms with Crippen molar-refractivity contribution in [3.8, 4) is 0 Å². The molecule has 0 aliphatic heterocycles. The minimum atomic E-state index is -1.34. The molecule has 0 bridgehead atoms. The fourth-order valence-corrected chi connectivity index (χ4v) is 1.16. The highest BCUT2D eigenvalue weighted by Gasteiger charge is 2.07. The van der Waals surface area contributed by atoms with Crippen molar-refractivity contribution in [1.82, 2.24) is 0 Å². The third-order valence-electron chi connectivity index (χ3n) is 2.04. The summed E-state index contributed by atoms with van der Waals surface area (Å²) >= 11 is 0. The van der Waals surface area contributed by atoms with Gasteiger partial charge in [-0.05, 0) is 12.4 Å². The molecule has 2 rings (SSSR count). The Labute approximate surface area is 96.3 Å². The lowest BCUT2D eigenvalue weighted by Crippen LogP contribution is -2.29. The van der Waals surface area contributed by atoms with E-state index in [9.17, 15) is 0 Å². The van der Waals surface area contributed by atoms with Crippen LogP contribution in [0.15, 0.2) is 60.7 Å². The Hall–Kier alpha value is -1.58. The number of hydrogen-bond donors (Lipinski definition) is 2. The molecular weight excluding hydrogens is 199 g/mol. The zero-order chi connectivity index (χ0) is 11.8. The summed E-state index contributed by atoms with van der Waals surface area (Å²) in [6, 6.07) is 18.9. The van der Waals surface area contributed by atoms with Gasteiger partial charge in [-0.3, -0.25) is 0 Å². The van der Waals surface area contributed by atoms with Crippen molar-refractivity contribution in [2.45, 2.75) is 6.92 Å². The van der Waals surface area contributed by atoms with Gasteiger partial charge in [0.25, 0.3) is 0 Å². The van der Waals surface area contributed by atoms with Gasteiger partial charge in [0.1, 0.15) is 0 Å². The van der Waals surface area contributed by atoms with Crippen molar-refractivity contribution in [1.29, 1.82) is 0 Å². The molecule has 0 heterocycles. The standard InChI is InChI=1S/C7H8.C6H7BO2/c1-7-5-3-2-4-6-7;8-7(9)6-4-2-1-3-5-6/h2-6H,1H3;1-5,8-9H. The van der Waals surface area contributed by atoms with Crippen molar-refractivity contribution in [3.05, 3.63) is 66.2 Å². The molecule has 2 aromatic carbocycles. The maximum atomic E-state index is 8.58. The Bertz CT molecular complexity index is 387. The molecule has 0 saturated carbocycles. The maximum Gasteiger partial charge on any atom is 0.488 e. The summed E-state index contributed by atoms with van der Waals surface area (Å²) in [6.07, 6.45) is 0. The predicted octanol–water partition coefficient (Wildman–Crippen LogP) is 1.36. The zero-order valence-electron chi connectivity index (χ0n) is 9.25. The summed E-state index contributed by atoms with van der Waals surface area (Å²) in [7, 11) is -1.34. The lowest BCUT2D eigenvalue weighted by atomic mass is 9.81. The minimum absolute atomic E-state index is 0.525. The average Bonchev–Trinajstić information content (AvgIpc) is 2.32. The first-order chi connectivity index (χ1) is 7.70. The Kier molecular flexibility index (Phi) is 5.33. The van der Waals surface area contributed by atoms with E-state index in [2.05, 4.69) is 19.1 Å². The van der Waals surface area contributed by atoms with Crippen LogP contribution in [0.4, 0.5) is 0 Å². The Morgan fingerprint density at radius 3 is 1.44 bits per heavy atom. The van der Waals surface area contributed by atoms with Crippen LogP contribution in [0.25, 0.3) is 0 Å². The second-order valence-corrected chi connectivity index (χ2v) is 3.44. The molecule has 82 valence electrons. The molecule has 0 aliphatic carbocycles.